The van der Waals surface area contributed by atoms with Gasteiger partial charge >= 0.3 is 0 Å². The Morgan fingerprint density at radius 3 is 2.84 bits per heavy atom. The first kappa shape index (κ1) is 13.7. The minimum Gasteiger partial charge on any atom is -0.369 e. The smallest absolute Gasteiger partial charge is 0.274 e. The molecule has 0 aromatic carbocycles. The number of nitrogens with one attached hydrogen (secondary N) is 1. The largest absolute Gasteiger partial charge is 0.369 e. The van der Waals surface area contributed by atoms with Gasteiger partial charge in [0.2, 0.25) is 0 Å². The van der Waals surface area contributed by atoms with Gasteiger partial charge in [-0.1, -0.05) is 0 Å². The number of rotatable bonds is 5. The molecule has 0 saturated carbocycles. The fraction of sp³-hybridized carbons (Fsp3) is 0.583. The molecule has 0 bridgehead atoms. The van der Waals surface area contributed by atoms with Crippen molar-refractivity contribution in [1.82, 2.24) is 14.8 Å². The Morgan fingerprint density at radius 2 is 2.16 bits per heavy atom. The number of nitrogens with zero attached hydrogens (tertiary/aromatic N) is 4. The predicted molar refractivity (Wildman–Crippen MR) is 73.3 cm³/mol. The minimum atomic E-state index is -0.409. The molecule has 1 N–H and O–H groups in total. The summed E-state index contributed by atoms with van der Waals surface area (Å²) in [6.45, 7) is 6.00. The van der Waals surface area contributed by atoms with Crippen LogP contribution in [0.5, 0.6) is 0 Å². The molecule has 0 amide bonds. The molecule has 2 rings (SSSR count). The fourth-order valence-electron chi connectivity index (χ4n) is 2.04. The highest BCUT2D eigenvalue weighted by Crippen LogP contribution is 2.13. The summed E-state index contributed by atoms with van der Waals surface area (Å²) in [7, 11) is 2.13. The molecule has 104 valence electrons. The molecule has 0 unspecified atom stereocenters. The van der Waals surface area contributed by atoms with Gasteiger partial charge in [-0.15, -0.1) is 0 Å². The van der Waals surface area contributed by atoms with Gasteiger partial charge in [0.1, 0.15) is 5.82 Å². The van der Waals surface area contributed by atoms with Crippen molar-refractivity contribution in [3.63, 3.8) is 0 Å². The number of pyridine rings is 1. The summed E-state index contributed by atoms with van der Waals surface area (Å²) < 4.78 is 0. The van der Waals surface area contributed by atoms with Gasteiger partial charge in [-0.25, -0.2) is 4.98 Å². The quantitative estimate of drug-likeness (QED) is 0.622. The first-order chi connectivity index (χ1) is 9.15. The monoisotopic (exact) mass is 265 g/mol. The van der Waals surface area contributed by atoms with E-state index < -0.39 is 4.92 Å². The van der Waals surface area contributed by atoms with Gasteiger partial charge in [0.25, 0.3) is 5.69 Å². The van der Waals surface area contributed by atoms with E-state index in [0.29, 0.717) is 5.82 Å². The van der Waals surface area contributed by atoms with Crippen LogP contribution in [0.4, 0.5) is 11.5 Å². The van der Waals surface area contributed by atoms with Crippen molar-refractivity contribution in [2.45, 2.75) is 0 Å². The molecule has 1 aromatic heterocycles. The van der Waals surface area contributed by atoms with Gasteiger partial charge < -0.3 is 10.2 Å². The maximum atomic E-state index is 10.6. The van der Waals surface area contributed by atoms with Gasteiger partial charge in [0, 0.05) is 51.5 Å². The molecule has 1 aliphatic rings. The molecule has 19 heavy (non-hydrogen) atoms. The molecule has 7 heteroatoms. The second kappa shape index (κ2) is 6.44. The Balaban J connectivity index is 1.76. The van der Waals surface area contributed by atoms with Crippen molar-refractivity contribution in [3.05, 3.63) is 28.4 Å². The van der Waals surface area contributed by atoms with Crippen molar-refractivity contribution < 1.29 is 4.92 Å². The lowest BCUT2D eigenvalue weighted by Gasteiger charge is -2.32. The van der Waals surface area contributed by atoms with Crippen molar-refractivity contribution in [2.75, 3.05) is 51.6 Å². The van der Waals surface area contributed by atoms with Crippen LogP contribution < -0.4 is 5.32 Å². The highest BCUT2D eigenvalue weighted by molar-refractivity contribution is 5.44. The lowest BCUT2D eigenvalue weighted by molar-refractivity contribution is -0.384. The fourth-order valence-corrected chi connectivity index (χ4v) is 2.04. The number of aromatic nitrogens is 1. The maximum Gasteiger partial charge on any atom is 0.274 e. The second-order valence-corrected chi connectivity index (χ2v) is 4.73. The zero-order chi connectivity index (χ0) is 13.7. The molecule has 0 spiro atoms. The van der Waals surface area contributed by atoms with Crippen molar-refractivity contribution in [3.8, 4) is 0 Å². The van der Waals surface area contributed by atoms with Gasteiger partial charge in [0.05, 0.1) is 11.0 Å². The molecule has 2 heterocycles. The van der Waals surface area contributed by atoms with Crippen LogP contribution in [-0.4, -0.2) is 66.0 Å². The van der Waals surface area contributed by atoms with Crippen LogP contribution >= 0.6 is 0 Å². The van der Waals surface area contributed by atoms with Crippen LogP contribution in [-0.2, 0) is 0 Å². The summed E-state index contributed by atoms with van der Waals surface area (Å²) in [4.78, 5) is 19.0. The second-order valence-electron chi connectivity index (χ2n) is 4.73. The summed E-state index contributed by atoms with van der Waals surface area (Å²) in [5, 5.41) is 13.8. The summed E-state index contributed by atoms with van der Waals surface area (Å²) in [5.74, 6) is 0.559. The normalized spacial score (nSPS) is 17.3. The van der Waals surface area contributed by atoms with E-state index in [1.165, 1.54) is 18.3 Å². The van der Waals surface area contributed by atoms with E-state index in [-0.39, 0.29) is 5.69 Å². The third kappa shape index (κ3) is 4.15. The molecule has 0 aliphatic carbocycles. The minimum absolute atomic E-state index is 0.0668. The third-order valence-electron chi connectivity index (χ3n) is 3.28. The first-order valence-electron chi connectivity index (χ1n) is 6.40. The van der Waals surface area contributed by atoms with Crippen molar-refractivity contribution in [1.29, 1.82) is 0 Å². The number of piperazine rings is 1. The number of anilines is 1. The lowest BCUT2D eigenvalue weighted by atomic mass is 10.3. The van der Waals surface area contributed by atoms with Crippen LogP contribution in [0, 0.1) is 10.1 Å². The van der Waals surface area contributed by atoms with E-state index in [0.717, 1.165) is 39.3 Å². The van der Waals surface area contributed by atoms with E-state index in [2.05, 4.69) is 27.1 Å². The summed E-state index contributed by atoms with van der Waals surface area (Å²) in [6.07, 6.45) is 1.45. The van der Waals surface area contributed by atoms with Gasteiger partial charge in [-0.3, -0.25) is 15.0 Å². The zero-order valence-electron chi connectivity index (χ0n) is 11.1. The van der Waals surface area contributed by atoms with Crippen LogP contribution in [0.2, 0.25) is 0 Å². The number of hydrogen-bond donors (Lipinski definition) is 1. The Bertz CT molecular complexity index is 432. The molecule has 7 nitrogen and oxygen atoms in total. The maximum absolute atomic E-state index is 10.6. The molecule has 1 saturated heterocycles. The van der Waals surface area contributed by atoms with Gasteiger partial charge in [-0.05, 0) is 7.05 Å². The predicted octanol–water partition coefficient (Wildman–Crippen LogP) is 0.649. The molecule has 1 aromatic rings. The van der Waals surface area contributed by atoms with E-state index in [1.54, 1.807) is 0 Å². The Morgan fingerprint density at radius 1 is 1.42 bits per heavy atom. The summed E-state index contributed by atoms with van der Waals surface area (Å²) in [5.41, 5.74) is 0.0668. The van der Waals surface area contributed by atoms with Crippen LogP contribution in [0.1, 0.15) is 0 Å². The zero-order valence-corrected chi connectivity index (χ0v) is 11.1. The molecule has 1 aliphatic heterocycles. The van der Waals surface area contributed by atoms with Crippen LogP contribution in [0.15, 0.2) is 18.3 Å². The molecule has 1 fully saturated rings. The molecular weight excluding hydrogens is 246 g/mol. The Labute approximate surface area is 112 Å². The lowest BCUT2D eigenvalue weighted by Crippen LogP contribution is -2.45. The van der Waals surface area contributed by atoms with Crippen LogP contribution in [0.3, 0.4) is 0 Å². The van der Waals surface area contributed by atoms with E-state index in [1.807, 2.05) is 0 Å². The number of likely N-dealkylation sites (N-methyl/N-ethyl adjacent to an activating group) is 1. The van der Waals surface area contributed by atoms with E-state index in [9.17, 15) is 10.1 Å². The molecule has 0 atom stereocenters. The van der Waals surface area contributed by atoms with Gasteiger partial charge in [-0.2, -0.15) is 0 Å². The highest BCUT2D eigenvalue weighted by Gasteiger charge is 2.13. The van der Waals surface area contributed by atoms with Crippen molar-refractivity contribution >= 4 is 11.5 Å². The average Bonchev–Trinajstić information content (AvgIpc) is 2.41. The molecular formula is C12H19N5O2. The average molecular weight is 265 g/mol. The summed E-state index contributed by atoms with van der Waals surface area (Å²) >= 11 is 0. The third-order valence-corrected chi connectivity index (χ3v) is 3.28. The van der Waals surface area contributed by atoms with Gasteiger partial charge in [0.15, 0.2) is 0 Å². The van der Waals surface area contributed by atoms with E-state index >= 15 is 0 Å². The first-order valence-corrected chi connectivity index (χ1v) is 6.40. The number of hydrogen-bond acceptors (Lipinski definition) is 6. The van der Waals surface area contributed by atoms with Crippen molar-refractivity contribution in [2.24, 2.45) is 0 Å². The summed E-state index contributed by atoms with van der Waals surface area (Å²) in [6, 6.07) is 2.86. The Hall–Kier alpha value is -1.73. The molecule has 0 radical (unpaired) electrons. The van der Waals surface area contributed by atoms with Crippen LogP contribution in [0.25, 0.3) is 0 Å². The number of nitro groups is 1. The SMILES string of the molecule is CN1CCN(CCNc2cc([N+](=O)[O-])ccn2)CC1. The topological polar surface area (TPSA) is 74.5 Å². The van der Waals surface area contributed by atoms with E-state index in [4.69, 9.17) is 0 Å². The highest BCUT2D eigenvalue weighted by atomic mass is 16.6. The Kier molecular flexibility index (Phi) is 4.64. The standard InChI is InChI=1S/C12H19N5O2/c1-15-6-8-16(9-7-15)5-4-14-12-10-11(17(18)19)2-3-13-12/h2-3,10H,4-9H2,1H3,(H,13,14).